The Morgan fingerprint density at radius 1 is 1.14 bits per heavy atom. The summed E-state index contributed by atoms with van der Waals surface area (Å²) in [7, 11) is 0. The highest BCUT2D eigenvalue weighted by atomic mass is 32.1. The average Bonchev–Trinajstić information content (AvgIpc) is 3.39. The van der Waals surface area contributed by atoms with Gasteiger partial charge >= 0.3 is 0 Å². The monoisotopic (exact) mass is 391 g/mol. The van der Waals surface area contributed by atoms with Crippen molar-refractivity contribution in [1.82, 2.24) is 10.1 Å². The molecule has 1 N–H and O–H groups in total. The molecule has 0 fully saturated rings. The standard InChI is InChI=1S/C21H17N3O3S/c1-14-6-4-7-15(12-14)26-13-19(25)22-17-9-3-2-8-16(17)21-23-20(24-27-21)18-10-5-11-28-18/h2-12H,13H2,1H3,(H,22,25). The van der Waals surface area contributed by atoms with E-state index in [2.05, 4.69) is 15.5 Å². The second-order valence-electron chi connectivity index (χ2n) is 6.10. The van der Waals surface area contributed by atoms with Crippen molar-refractivity contribution in [3.8, 4) is 27.9 Å². The number of benzene rings is 2. The molecule has 140 valence electrons. The molecule has 0 bridgehead atoms. The molecule has 2 heterocycles. The van der Waals surface area contributed by atoms with Crippen molar-refractivity contribution in [1.29, 1.82) is 0 Å². The van der Waals surface area contributed by atoms with Crippen LogP contribution < -0.4 is 10.1 Å². The number of aryl methyl sites for hydroxylation is 1. The van der Waals surface area contributed by atoms with E-state index in [1.807, 2.05) is 66.9 Å². The first-order valence-electron chi connectivity index (χ1n) is 8.65. The molecule has 6 nitrogen and oxygen atoms in total. The van der Waals surface area contributed by atoms with Crippen molar-refractivity contribution in [2.24, 2.45) is 0 Å². The highest BCUT2D eigenvalue weighted by molar-refractivity contribution is 7.13. The third-order valence-electron chi connectivity index (χ3n) is 3.96. The molecule has 0 aliphatic carbocycles. The summed E-state index contributed by atoms with van der Waals surface area (Å²) < 4.78 is 11.0. The number of thiophene rings is 1. The molecule has 0 saturated carbocycles. The fourth-order valence-corrected chi connectivity index (χ4v) is 3.31. The quantitative estimate of drug-likeness (QED) is 0.511. The van der Waals surface area contributed by atoms with Crippen molar-refractivity contribution in [2.75, 3.05) is 11.9 Å². The van der Waals surface area contributed by atoms with Gasteiger partial charge in [0.15, 0.2) is 6.61 Å². The van der Waals surface area contributed by atoms with Crippen LogP contribution in [0, 0.1) is 6.92 Å². The molecule has 28 heavy (non-hydrogen) atoms. The topological polar surface area (TPSA) is 77.2 Å². The van der Waals surface area contributed by atoms with Gasteiger partial charge in [0.1, 0.15) is 5.75 Å². The number of hydrogen-bond donors (Lipinski definition) is 1. The van der Waals surface area contributed by atoms with E-state index in [-0.39, 0.29) is 12.5 Å². The summed E-state index contributed by atoms with van der Waals surface area (Å²) in [5.74, 6) is 1.25. The third kappa shape index (κ3) is 4.10. The van der Waals surface area contributed by atoms with Crippen LogP contribution in [0.5, 0.6) is 5.75 Å². The smallest absolute Gasteiger partial charge is 0.262 e. The first kappa shape index (κ1) is 17.9. The predicted molar refractivity (Wildman–Crippen MR) is 108 cm³/mol. The summed E-state index contributed by atoms with van der Waals surface area (Å²) >= 11 is 1.53. The van der Waals surface area contributed by atoms with Crippen LogP contribution in [0.3, 0.4) is 0 Å². The predicted octanol–water partition coefficient (Wildman–Crippen LogP) is 4.79. The molecule has 2 aromatic heterocycles. The molecule has 0 spiro atoms. The molecule has 1 amide bonds. The van der Waals surface area contributed by atoms with Crippen molar-refractivity contribution in [3.63, 3.8) is 0 Å². The van der Waals surface area contributed by atoms with E-state index in [1.165, 1.54) is 11.3 Å². The van der Waals surface area contributed by atoms with Crippen LogP contribution >= 0.6 is 11.3 Å². The van der Waals surface area contributed by atoms with E-state index in [4.69, 9.17) is 9.26 Å². The van der Waals surface area contributed by atoms with Gasteiger partial charge in [-0.2, -0.15) is 4.98 Å². The summed E-state index contributed by atoms with van der Waals surface area (Å²) in [4.78, 5) is 17.7. The first-order chi connectivity index (χ1) is 13.7. The number of nitrogens with zero attached hydrogens (tertiary/aromatic N) is 2. The SMILES string of the molecule is Cc1cccc(OCC(=O)Nc2ccccc2-c2nc(-c3cccs3)no2)c1. The van der Waals surface area contributed by atoms with Crippen molar-refractivity contribution in [3.05, 3.63) is 71.6 Å². The van der Waals surface area contributed by atoms with Gasteiger partial charge in [-0.3, -0.25) is 4.79 Å². The number of anilines is 1. The molecule has 2 aromatic carbocycles. The third-order valence-corrected chi connectivity index (χ3v) is 4.82. The minimum Gasteiger partial charge on any atom is -0.484 e. The number of nitrogens with one attached hydrogen (secondary N) is 1. The zero-order valence-electron chi connectivity index (χ0n) is 15.1. The van der Waals surface area contributed by atoms with E-state index >= 15 is 0 Å². The number of hydrogen-bond acceptors (Lipinski definition) is 6. The molecule has 0 unspecified atom stereocenters. The Kier molecular flexibility index (Phi) is 5.16. The molecular formula is C21H17N3O3S. The van der Waals surface area contributed by atoms with Gasteiger partial charge in [0.05, 0.1) is 16.1 Å². The highest BCUT2D eigenvalue weighted by Gasteiger charge is 2.16. The van der Waals surface area contributed by atoms with Crippen LogP contribution in [0.1, 0.15) is 5.56 Å². The van der Waals surface area contributed by atoms with Crippen LogP contribution in [0.2, 0.25) is 0 Å². The molecular weight excluding hydrogens is 374 g/mol. The van der Waals surface area contributed by atoms with Crippen LogP contribution in [-0.2, 0) is 4.79 Å². The number of carbonyl (C=O) groups is 1. The van der Waals surface area contributed by atoms with Gasteiger partial charge in [0, 0.05) is 0 Å². The van der Waals surface area contributed by atoms with E-state index in [0.717, 1.165) is 10.4 Å². The molecule has 4 rings (SSSR count). The molecule has 0 saturated heterocycles. The van der Waals surface area contributed by atoms with E-state index in [0.29, 0.717) is 28.7 Å². The Balaban J connectivity index is 1.48. The number of ether oxygens (including phenoxy) is 1. The van der Waals surface area contributed by atoms with E-state index in [9.17, 15) is 4.79 Å². The fourth-order valence-electron chi connectivity index (χ4n) is 2.66. The molecule has 0 atom stereocenters. The van der Waals surface area contributed by atoms with Gasteiger partial charge in [-0.1, -0.05) is 35.5 Å². The first-order valence-corrected chi connectivity index (χ1v) is 9.53. The summed E-state index contributed by atoms with van der Waals surface area (Å²) in [5, 5.41) is 8.83. The fraction of sp³-hybridized carbons (Fsp3) is 0.0952. The van der Waals surface area contributed by atoms with Gasteiger partial charge in [-0.25, -0.2) is 0 Å². The van der Waals surface area contributed by atoms with Crippen molar-refractivity contribution in [2.45, 2.75) is 6.92 Å². The molecule has 0 radical (unpaired) electrons. The Bertz CT molecular complexity index is 1090. The Morgan fingerprint density at radius 3 is 2.86 bits per heavy atom. The molecule has 0 aliphatic heterocycles. The van der Waals surface area contributed by atoms with E-state index in [1.54, 1.807) is 6.07 Å². The lowest BCUT2D eigenvalue weighted by atomic mass is 10.1. The largest absolute Gasteiger partial charge is 0.484 e. The highest BCUT2D eigenvalue weighted by Crippen LogP contribution is 2.29. The lowest BCUT2D eigenvalue weighted by Crippen LogP contribution is -2.20. The van der Waals surface area contributed by atoms with Crippen LogP contribution in [0.15, 0.2) is 70.6 Å². The van der Waals surface area contributed by atoms with Gasteiger partial charge in [-0.05, 0) is 48.2 Å². The van der Waals surface area contributed by atoms with E-state index < -0.39 is 0 Å². The summed E-state index contributed by atoms with van der Waals surface area (Å²) in [5.41, 5.74) is 2.31. The van der Waals surface area contributed by atoms with Crippen molar-refractivity contribution >= 4 is 22.9 Å². The van der Waals surface area contributed by atoms with Gasteiger partial charge in [0.2, 0.25) is 5.82 Å². The summed E-state index contributed by atoms with van der Waals surface area (Å²) in [6.45, 7) is 1.88. The van der Waals surface area contributed by atoms with Crippen LogP contribution in [-0.4, -0.2) is 22.7 Å². The summed E-state index contributed by atoms with van der Waals surface area (Å²) in [6, 6.07) is 18.7. The van der Waals surface area contributed by atoms with Crippen LogP contribution in [0.4, 0.5) is 5.69 Å². The zero-order valence-corrected chi connectivity index (χ0v) is 15.9. The normalized spacial score (nSPS) is 10.6. The van der Waals surface area contributed by atoms with Crippen LogP contribution in [0.25, 0.3) is 22.2 Å². The second kappa shape index (κ2) is 8.06. The maximum Gasteiger partial charge on any atom is 0.262 e. The number of para-hydroxylation sites is 1. The Morgan fingerprint density at radius 2 is 2.04 bits per heavy atom. The molecule has 7 heteroatoms. The maximum absolute atomic E-state index is 12.3. The lowest BCUT2D eigenvalue weighted by Gasteiger charge is -2.10. The average molecular weight is 391 g/mol. The van der Waals surface area contributed by atoms with Gasteiger partial charge < -0.3 is 14.6 Å². The van der Waals surface area contributed by atoms with Gasteiger partial charge in [-0.15, -0.1) is 11.3 Å². The number of amides is 1. The molecule has 4 aromatic rings. The van der Waals surface area contributed by atoms with Crippen molar-refractivity contribution < 1.29 is 14.1 Å². The second-order valence-corrected chi connectivity index (χ2v) is 7.05. The number of rotatable bonds is 6. The molecule has 0 aliphatic rings. The lowest BCUT2D eigenvalue weighted by molar-refractivity contribution is -0.118. The number of aromatic nitrogens is 2. The maximum atomic E-state index is 12.3. The minimum atomic E-state index is -0.271. The Hall–Kier alpha value is -3.45. The van der Waals surface area contributed by atoms with Gasteiger partial charge in [0.25, 0.3) is 11.8 Å². The minimum absolute atomic E-state index is 0.0952. The Labute approximate surface area is 165 Å². The summed E-state index contributed by atoms with van der Waals surface area (Å²) in [6.07, 6.45) is 0. The number of carbonyl (C=O) groups excluding carboxylic acids is 1. The zero-order chi connectivity index (χ0) is 19.3.